The summed E-state index contributed by atoms with van der Waals surface area (Å²) in [5.41, 5.74) is 1.33. The van der Waals surface area contributed by atoms with Gasteiger partial charge in [0.15, 0.2) is 0 Å². The van der Waals surface area contributed by atoms with E-state index in [1.165, 1.54) is 86.8 Å². The lowest BCUT2D eigenvalue weighted by molar-refractivity contribution is -0.141. The highest BCUT2D eigenvalue weighted by atomic mass is 16.4. The summed E-state index contributed by atoms with van der Waals surface area (Å²) in [6.07, 6.45) is 23.1. The zero-order chi connectivity index (χ0) is 43.1. The van der Waals surface area contributed by atoms with Gasteiger partial charge in [-0.1, -0.05) is 135 Å². The third-order valence-electron chi connectivity index (χ3n) is 11.1. The minimum absolute atomic E-state index is 0.107. The van der Waals surface area contributed by atoms with Gasteiger partial charge in [-0.2, -0.15) is 0 Å². The van der Waals surface area contributed by atoms with E-state index in [4.69, 9.17) is 4.98 Å². The number of carboxylic acid groups (broad SMARTS) is 3. The lowest BCUT2D eigenvalue weighted by Crippen LogP contribution is -2.48. The number of pyridine rings is 1. The van der Waals surface area contributed by atoms with Gasteiger partial charge < -0.3 is 25.1 Å². The van der Waals surface area contributed by atoms with Gasteiger partial charge >= 0.3 is 17.9 Å². The Labute approximate surface area is 354 Å². The van der Waals surface area contributed by atoms with E-state index in [0.717, 1.165) is 51.4 Å². The highest BCUT2D eigenvalue weighted by molar-refractivity contribution is 5.80. The van der Waals surface area contributed by atoms with Crippen molar-refractivity contribution in [2.45, 2.75) is 155 Å². The number of hydrogen-bond donors (Lipinski definition) is 3. The Kier molecular flexibility index (Phi) is 28.1. The van der Waals surface area contributed by atoms with Crippen molar-refractivity contribution in [2.75, 3.05) is 72.0 Å². The van der Waals surface area contributed by atoms with Crippen LogP contribution < -0.4 is 0 Å². The first-order valence-electron chi connectivity index (χ1n) is 22.8. The average molecular weight is 831 g/mol. The van der Waals surface area contributed by atoms with E-state index in [9.17, 15) is 39.3 Å². The van der Waals surface area contributed by atoms with Crippen molar-refractivity contribution in [1.29, 1.82) is 0 Å². The molecule has 14 nitrogen and oxygen atoms in total. The van der Waals surface area contributed by atoms with E-state index in [1.807, 2.05) is 18.2 Å². The monoisotopic (exact) mass is 831 g/mol. The normalized spacial score (nSPS) is 16.0. The number of carboxylic acids is 3. The Bertz CT molecular complexity index is 1260. The highest BCUT2D eigenvalue weighted by Gasteiger charge is 2.24. The van der Waals surface area contributed by atoms with Crippen LogP contribution in [0.4, 0.5) is 0 Å². The molecule has 0 unspecified atom stereocenters. The van der Waals surface area contributed by atoms with Gasteiger partial charge in [0.2, 0.25) is 11.8 Å². The van der Waals surface area contributed by atoms with Crippen molar-refractivity contribution in [1.82, 2.24) is 29.5 Å². The summed E-state index contributed by atoms with van der Waals surface area (Å²) in [5.74, 6) is -3.76. The minimum Gasteiger partial charge on any atom is -0.480 e. The lowest BCUT2D eigenvalue weighted by Gasteiger charge is -2.31. The number of unbranched alkanes of at least 4 members (excludes halogenated alkanes) is 18. The zero-order valence-corrected chi connectivity index (χ0v) is 36.6. The van der Waals surface area contributed by atoms with Gasteiger partial charge in [0, 0.05) is 39.3 Å². The number of aliphatic carboxylic acids is 3. The molecule has 1 aromatic heterocycles. The molecule has 0 saturated heterocycles. The second-order valence-electron chi connectivity index (χ2n) is 16.5. The summed E-state index contributed by atoms with van der Waals surface area (Å²) in [4.78, 5) is 76.8. The Morgan fingerprint density at radius 3 is 1.12 bits per heavy atom. The fourth-order valence-corrected chi connectivity index (χ4v) is 7.68. The van der Waals surface area contributed by atoms with Crippen LogP contribution in [0.5, 0.6) is 0 Å². The maximum absolute atomic E-state index is 14.0. The summed E-state index contributed by atoms with van der Waals surface area (Å²) < 4.78 is 0. The molecule has 59 heavy (non-hydrogen) atoms. The van der Waals surface area contributed by atoms with E-state index in [-0.39, 0.29) is 70.7 Å². The Morgan fingerprint density at radius 1 is 0.475 bits per heavy atom. The SMILES string of the molecule is CCCCCCCCCCCCN1Cc2cccc(n2)CN(CCCCCCCCCCCC)C(=O)CN(CC(=O)O)CCN(CC(=O)O)CCN(CC(=O)O)CC1=O. The highest BCUT2D eigenvalue weighted by Crippen LogP contribution is 2.15. The van der Waals surface area contributed by atoms with E-state index >= 15 is 0 Å². The first-order chi connectivity index (χ1) is 28.5. The van der Waals surface area contributed by atoms with Crippen LogP contribution >= 0.6 is 0 Å². The average Bonchev–Trinajstić information content (AvgIpc) is 3.18. The van der Waals surface area contributed by atoms with Gasteiger partial charge in [-0.3, -0.25) is 43.7 Å². The molecule has 0 radical (unpaired) electrons. The van der Waals surface area contributed by atoms with Crippen LogP contribution in [0, 0.1) is 0 Å². The molecule has 1 aromatic rings. The van der Waals surface area contributed by atoms with Crippen molar-refractivity contribution in [2.24, 2.45) is 0 Å². The second-order valence-corrected chi connectivity index (χ2v) is 16.5. The molecule has 0 aromatic carbocycles. The minimum atomic E-state index is -1.10. The van der Waals surface area contributed by atoms with E-state index < -0.39 is 31.0 Å². The summed E-state index contributed by atoms with van der Waals surface area (Å²) in [5, 5.41) is 29.2. The number of carbonyl (C=O) groups is 5. The molecule has 0 fully saturated rings. The number of aromatic nitrogens is 1. The number of nitrogens with zero attached hydrogens (tertiary/aromatic N) is 6. The molecular formula is C45H78N6O8. The predicted molar refractivity (Wildman–Crippen MR) is 231 cm³/mol. The number of fused-ring (bicyclic) bond motifs is 2. The molecule has 2 rings (SSSR count). The maximum Gasteiger partial charge on any atom is 0.317 e. The largest absolute Gasteiger partial charge is 0.480 e. The van der Waals surface area contributed by atoms with Gasteiger partial charge in [0.1, 0.15) is 0 Å². The van der Waals surface area contributed by atoms with E-state index in [1.54, 1.807) is 14.7 Å². The first-order valence-corrected chi connectivity index (χ1v) is 22.8. The Hall–Kier alpha value is -3.62. The molecule has 0 atom stereocenters. The molecule has 2 bridgehead atoms. The van der Waals surface area contributed by atoms with Crippen LogP contribution in [-0.2, 0) is 37.1 Å². The molecule has 1 aliphatic rings. The second kappa shape index (κ2) is 32.2. The standard InChI is InChI=1S/C45H78N6O8/c1-3-5-7-9-11-13-15-17-19-21-26-50-32-39-24-23-25-40(46-39)33-51(27-22-20-18-16-14-12-10-8-6-4-2)42(53)35-49(38-45(58)59)31-29-47(36-43(54)55)28-30-48(34-41(50)52)37-44(56)57/h23-25H,3-22,26-38H2,1-2H3,(H,54,55)(H,56,57)(H,58,59). The molecule has 3 N–H and O–H groups in total. The predicted octanol–water partition coefficient (Wildman–Crippen LogP) is 6.75. The van der Waals surface area contributed by atoms with Crippen LogP contribution in [0.25, 0.3) is 0 Å². The van der Waals surface area contributed by atoms with Crippen molar-refractivity contribution in [3.63, 3.8) is 0 Å². The van der Waals surface area contributed by atoms with Crippen molar-refractivity contribution in [3.05, 3.63) is 29.6 Å². The molecule has 1 aliphatic heterocycles. The number of hydrogen-bond acceptors (Lipinski definition) is 9. The molecule has 0 aliphatic carbocycles. The van der Waals surface area contributed by atoms with Crippen LogP contribution in [0.2, 0.25) is 0 Å². The zero-order valence-electron chi connectivity index (χ0n) is 36.6. The molecule has 0 spiro atoms. The molecule has 14 heteroatoms. The number of amides is 2. The van der Waals surface area contributed by atoms with Crippen molar-refractivity contribution >= 4 is 29.7 Å². The number of rotatable bonds is 28. The van der Waals surface area contributed by atoms with Crippen LogP contribution in [0.15, 0.2) is 18.2 Å². The van der Waals surface area contributed by atoms with E-state index in [0.29, 0.717) is 24.5 Å². The lowest BCUT2D eigenvalue weighted by atomic mass is 10.1. The maximum atomic E-state index is 14.0. The van der Waals surface area contributed by atoms with Gasteiger partial charge in [-0.25, -0.2) is 0 Å². The molecule has 336 valence electrons. The summed E-state index contributed by atoms with van der Waals surface area (Å²) in [6.45, 7) is 4.90. The molecule has 2 amide bonds. The molecular weight excluding hydrogens is 753 g/mol. The first kappa shape index (κ1) is 51.5. The number of carbonyl (C=O) groups excluding carboxylic acids is 2. The molecule has 2 heterocycles. The van der Waals surface area contributed by atoms with Gasteiger partial charge in [0.25, 0.3) is 0 Å². The van der Waals surface area contributed by atoms with Crippen molar-refractivity contribution in [3.8, 4) is 0 Å². The van der Waals surface area contributed by atoms with Gasteiger partial charge in [-0.15, -0.1) is 0 Å². The summed E-state index contributed by atoms with van der Waals surface area (Å²) in [6, 6.07) is 5.61. The van der Waals surface area contributed by atoms with E-state index in [2.05, 4.69) is 13.8 Å². The summed E-state index contributed by atoms with van der Waals surface area (Å²) in [7, 11) is 0. The third kappa shape index (κ3) is 25.6. The third-order valence-corrected chi connectivity index (χ3v) is 11.1. The smallest absolute Gasteiger partial charge is 0.317 e. The quantitative estimate of drug-likeness (QED) is 0.0759. The molecule has 0 saturated carbocycles. The van der Waals surface area contributed by atoms with Crippen LogP contribution in [0.1, 0.15) is 154 Å². The topological polar surface area (TPSA) is 175 Å². The summed E-state index contributed by atoms with van der Waals surface area (Å²) >= 11 is 0. The Morgan fingerprint density at radius 2 is 0.780 bits per heavy atom. The van der Waals surface area contributed by atoms with Gasteiger partial charge in [-0.05, 0) is 25.0 Å². The fourth-order valence-electron chi connectivity index (χ4n) is 7.68. The van der Waals surface area contributed by atoms with Crippen LogP contribution in [-0.4, -0.2) is 147 Å². The fraction of sp³-hybridized carbons (Fsp3) is 0.778. The van der Waals surface area contributed by atoms with Crippen molar-refractivity contribution < 1.29 is 39.3 Å². The van der Waals surface area contributed by atoms with Crippen LogP contribution in [0.3, 0.4) is 0 Å². The van der Waals surface area contributed by atoms with Gasteiger partial charge in [0.05, 0.1) is 57.2 Å². The Balaban J connectivity index is 2.30.